The number of rotatable bonds is 2. The second-order valence-electron chi connectivity index (χ2n) is 3.81. The molecule has 2 aromatic rings. The second-order valence-corrected chi connectivity index (χ2v) is 3.81. The minimum absolute atomic E-state index is 0.138. The summed E-state index contributed by atoms with van der Waals surface area (Å²) in [5.41, 5.74) is 0.404. The predicted octanol–water partition coefficient (Wildman–Crippen LogP) is 1.61. The van der Waals surface area contributed by atoms with Gasteiger partial charge in [0.2, 0.25) is 5.82 Å². The average Bonchev–Trinajstić information content (AvgIpc) is 2.39. The summed E-state index contributed by atoms with van der Waals surface area (Å²) in [7, 11) is 0. The van der Waals surface area contributed by atoms with E-state index in [0.717, 1.165) is 6.20 Å². The Bertz CT molecular complexity index is 685. The zero-order valence-corrected chi connectivity index (χ0v) is 9.72. The molecule has 0 amide bonds. The van der Waals surface area contributed by atoms with Crippen molar-refractivity contribution in [1.82, 2.24) is 9.55 Å². The van der Waals surface area contributed by atoms with Gasteiger partial charge in [-0.25, -0.2) is 4.98 Å². The van der Waals surface area contributed by atoms with Gasteiger partial charge in [-0.05, 0) is 18.6 Å². The maximum atomic E-state index is 13.2. The molecule has 0 aliphatic rings. The van der Waals surface area contributed by atoms with Crippen LogP contribution >= 0.6 is 0 Å². The van der Waals surface area contributed by atoms with Gasteiger partial charge in [0.15, 0.2) is 0 Å². The van der Waals surface area contributed by atoms with Crippen LogP contribution < -0.4 is 5.56 Å². The maximum Gasteiger partial charge on any atom is 0.289 e. The molecule has 1 aromatic heterocycles. The number of aromatic nitrogens is 2. The highest BCUT2D eigenvalue weighted by molar-refractivity contribution is 5.37. The van der Waals surface area contributed by atoms with E-state index in [1.807, 2.05) is 6.07 Å². The van der Waals surface area contributed by atoms with Crippen LogP contribution in [0.15, 0.2) is 35.3 Å². The van der Waals surface area contributed by atoms with Crippen LogP contribution in [-0.2, 0) is 6.54 Å². The van der Waals surface area contributed by atoms with Gasteiger partial charge in [0.25, 0.3) is 5.56 Å². The number of aryl methyl sites for hydroxylation is 1. The lowest BCUT2D eigenvalue weighted by Gasteiger charge is -2.09. The van der Waals surface area contributed by atoms with Gasteiger partial charge >= 0.3 is 0 Å². The minimum Gasteiger partial charge on any atom is -0.290 e. The van der Waals surface area contributed by atoms with E-state index in [9.17, 15) is 9.18 Å². The Hall–Kier alpha value is -2.48. The molecule has 0 N–H and O–H groups in total. The molecule has 2 rings (SSSR count). The molecule has 0 radical (unpaired) electrons. The van der Waals surface area contributed by atoms with Gasteiger partial charge in [-0.1, -0.05) is 18.2 Å². The molecular weight excluding hydrogens is 233 g/mol. The van der Waals surface area contributed by atoms with Gasteiger partial charge in [-0.3, -0.25) is 9.36 Å². The molecule has 0 bridgehead atoms. The Morgan fingerprint density at radius 2 is 2.17 bits per heavy atom. The SMILES string of the molecule is Cc1ncc(F)c(=O)n1Cc1ccccc1C#N. The maximum absolute atomic E-state index is 13.2. The normalized spacial score (nSPS) is 10.1. The molecule has 5 heteroatoms. The quantitative estimate of drug-likeness (QED) is 0.805. The fourth-order valence-electron chi connectivity index (χ4n) is 1.67. The molecule has 0 saturated heterocycles. The zero-order chi connectivity index (χ0) is 13.1. The monoisotopic (exact) mass is 243 g/mol. The van der Waals surface area contributed by atoms with Crippen molar-refractivity contribution < 1.29 is 4.39 Å². The summed E-state index contributed by atoms with van der Waals surface area (Å²) in [6, 6.07) is 8.93. The van der Waals surface area contributed by atoms with E-state index in [1.54, 1.807) is 31.2 Å². The molecule has 0 saturated carbocycles. The van der Waals surface area contributed by atoms with E-state index in [2.05, 4.69) is 4.98 Å². The van der Waals surface area contributed by atoms with Crippen LogP contribution in [-0.4, -0.2) is 9.55 Å². The van der Waals surface area contributed by atoms with Crippen LogP contribution in [0.25, 0.3) is 0 Å². The van der Waals surface area contributed by atoms with Gasteiger partial charge in [0.1, 0.15) is 5.82 Å². The summed E-state index contributed by atoms with van der Waals surface area (Å²) in [4.78, 5) is 15.5. The van der Waals surface area contributed by atoms with E-state index in [4.69, 9.17) is 5.26 Å². The van der Waals surface area contributed by atoms with E-state index >= 15 is 0 Å². The summed E-state index contributed by atoms with van der Waals surface area (Å²) in [5, 5.41) is 8.96. The van der Waals surface area contributed by atoms with Crippen LogP contribution in [0.2, 0.25) is 0 Å². The second kappa shape index (κ2) is 4.80. The minimum atomic E-state index is -0.893. The van der Waals surface area contributed by atoms with E-state index in [-0.39, 0.29) is 6.54 Å². The molecule has 0 spiro atoms. The summed E-state index contributed by atoms with van der Waals surface area (Å²) in [6.45, 7) is 1.76. The zero-order valence-electron chi connectivity index (χ0n) is 9.72. The van der Waals surface area contributed by atoms with Crippen molar-refractivity contribution in [3.05, 3.63) is 63.6 Å². The van der Waals surface area contributed by atoms with Crippen LogP contribution in [0.3, 0.4) is 0 Å². The highest BCUT2D eigenvalue weighted by atomic mass is 19.1. The Morgan fingerprint density at radius 3 is 2.89 bits per heavy atom. The Labute approximate surface area is 103 Å². The van der Waals surface area contributed by atoms with Crippen molar-refractivity contribution in [2.45, 2.75) is 13.5 Å². The lowest BCUT2D eigenvalue weighted by molar-refractivity contribution is 0.558. The molecule has 1 aromatic carbocycles. The van der Waals surface area contributed by atoms with Crippen LogP contribution in [0, 0.1) is 24.1 Å². The number of hydrogen-bond donors (Lipinski definition) is 0. The highest BCUT2D eigenvalue weighted by Gasteiger charge is 2.09. The van der Waals surface area contributed by atoms with Crippen molar-refractivity contribution in [3.63, 3.8) is 0 Å². The molecule has 0 aliphatic carbocycles. The predicted molar refractivity (Wildman–Crippen MR) is 63.5 cm³/mol. The Morgan fingerprint density at radius 1 is 1.44 bits per heavy atom. The van der Waals surface area contributed by atoms with Crippen LogP contribution in [0.4, 0.5) is 4.39 Å². The number of halogens is 1. The lowest BCUT2D eigenvalue weighted by Crippen LogP contribution is -2.26. The number of benzene rings is 1. The van der Waals surface area contributed by atoms with Gasteiger partial charge in [0.05, 0.1) is 24.4 Å². The smallest absolute Gasteiger partial charge is 0.289 e. The average molecular weight is 243 g/mol. The first-order chi connectivity index (χ1) is 8.63. The topological polar surface area (TPSA) is 58.7 Å². The van der Waals surface area contributed by atoms with Gasteiger partial charge in [-0.15, -0.1) is 0 Å². The van der Waals surface area contributed by atoms with Crippen molar-refractivity contribution in [2.75, 3.05) is 0 Å². The largest absolute Gasteiger partial charge is 0.290 e. The molecule has 0 unspecified atom stereocenters. The fraction of sp³-hybridized carbons (Fsp3) is 0.154. The number of nitrogens with zero attached hydrogens (tertiary/aromatic N) is 3. The van der Waals surface area contributed by atoms with Crippen LogP contribution in [0.1, 0.15) is 17.0 Å². The van der Waals surface area contributed by atoms with Crippen molar-refractivity contribution in [3.8, 4) is 6.07 Å². The van der Waals surface area contributed by atoms with Gasteiger partial charge < -0.3 is 0 Å². The highest BCUT2D eigenvalue weighted by Crippen LogP contribution is 2.09. The van der Waals surface area contributed by atoms with Gasteiger partial charge in [0, 0.05) is 0 Å². The first-order valence-electron chi connectivity index (χ1n) is 5.33. The first-order valence-corrected chi connectivity index (χ1v) is 5.33. The van der Waals surface area contributed by atoms with Crippen molar-refractivity contribution >= 4 is 0 Å². The first kappa shape index (κ1) is 12.0. The van der Waals surface area contributed by atoms with Crippen molar-refractivity contribution in [2.24, 2.45) is 0 Å². The molecule has 0 aliphatic heterocycles. The fourth-order valence-corrected chi connectivity index (χ4v) is 1.67. The summed E-state index contributed by atoms with van der Waals surface area (Å²) < 4.78 is 14.4. The molecule has 1 heterocycles. The molecule has 90 valence electrons. The standard InChI is InChI=1S/C13H10FN3O/c1-9-16-7-12(14)13(18)17(9)8-11-5-3-2-4-10(11)6-15/h2-5,7H,8H2,1H3. The third kappa shape index (κ3) is 2.13. The summed E-state index contributed by atoms with van der Waals surface area (Å²) in [5.74, 6) is -0.482. The summed E-state index contributed by atoms with van der Waals surface area (Å²) in [6.07, 6.45) is 0.907. The number of hydrogen-bond acceptors (Lipinski definition) is 3. The molecule has 4 nitrogen and oxygen atoms in total. The van der Waals surface area contributed by atoms with E-state index < -0.39 is 11.4 Å². The molecule has 18 heavy (non-hydrogen) atoms. The number of nitriles is 1. The van der Waals surface area contributed by atoms with E-state index in [0.29, 0.717) is 17.0 Å². The Balaban J connectivity index is 2.51. The summed E-state index contributed by atoms with van der Waals surface area (Å²) >= 11 is 0. The van der Waals surface area contributed by atoms with Gasteiger partial charge in [-0.2, -0.15) is 9.65 Å². The molecular formula is C13H10FN3O. The molecule has 0 fully saturated rings. The molecule has 0 atom stereocenters. The van der Waals surface area contributed by atoms with Crippen LogP contribution in [0.5, 0.6) is 0 Å². The Kier molecular flexibility index (Phi) is 3.20. The lowest BCUT2D eigenvalue weighted by atomic mass is 10.1. The van der Waals surface area contributed by atoms with E-state index in [1.165, 1.54) is 4.57 Å². The van der Waals surface area contributed by atoms with Crippen molar-refractivity contribution in [1.29, 1.82) is 5.26 Å². The third-order valence-electron chi connectivity index (χ3n) is 2.67. The third-order valence-corrected chi connectivity index (χ3v) is 2.67.